The summed E-state index contributed by atoms with van der Waals surface area (Å²) in [6.07, 6.45) is -2.46. The Hall–Kier alpha value is -0.900. The molecule has 0 fully saturated rings. The smallest absolute Gasteiger partial charge is 0.255 e. The molecular weight excluding hydrogens is 407 g/mol. The maximum atomic E-state index is 12.2. The molecule has 1 atom stereocenters. The highest BCUT2D eigenvalue weighted by Gasteiger charge is 2.27. The molecule has 5 nitrogen and oxygen atoms in total. The molecule has 1 aromatic rings. The van der Waals surface area contributed by atoms with Crippen molar-refractivity contribution in [1.82, 2.24) is 10.6 Å². The summed E-state index contributed by atoms with van der Waals surface area (Å²) in [6, 6.07) is 1.75. The van der Waals surface area contributed by atoms with Crippen LogP contribution in [0.2, 0.25) is 0 Å². The first-order valence-corrected chi connectivity index (χ1v) is 6.86. The Bertz CT molecular complexity index is 490. The van der Waals surface area contributed by atoms with E-state index in [4.69, 9.17) is 4.42 Å². The van der Waals surface area contributed by atoms with Crippen LogP contribution in [0, 0.1) is 13.8 Å². The van der Waals surface area contributed by atoms with Gasteiger partial charge in [0.2, 0.25) is 0 Å². The van der Waals surface area contributed by atoms with Gasteiger partial charge >= 0.3 is 0 Å². The lowest BCUT2D eigenvalue weighted by Gasteiger charge is -2.21. The minimum Gasteiger partial charge on any atom is -0.466 e. The van der Waals surface area contributed by atoms with E-state index >= 15 is 0 Å². The fourth-order valence-electron chi connectivity index (χ4n) is 2.00. The Morgan fingerprint density at radius 3 is 2.50 bits per heavy atom. The van der Waals surface area contributed by atoms with Crippen molar-refractivity contribution in [1.29, 1.82) is 0 Å². The number of halogens is 3. The first-order chi connectivity index (χ1) is 9.76. The van der Waals surface area contributed by atoms with E-state index in [1.807, 2.05) is 6.92 Å². The molecule has 0 aromatic carbocycles. The largest absolute Gasteiger partial charge is 0.466 e. The predicted molar refractivity (Wildman–Crippen MR) is 93.2 cm³/mol. The molecule has 1 heterocycles. The molecule has 0 saturated heterocycles. The Labute approximate surface area is 146 Å². The summed E-state index contributed by atoms with van der Waals surface area (Å²) in [6.45, 7) is 7.10. The molecule has 0 aliphatic carbocycles. The standard InChI is InChI=1S/C14H23F2N3O2.HI/c1-5-17-13(18-7-12(15)16)19-8-14(4,20)11-6-9(2)21-10(11)3;/h6,12,20H,5,7-8H2,1-4H3,(H2,17,18,19);1H. The van der Waals surface area contributed by atoms with Crippen LogP contribution in [0.5, 0.6) is 0 Å². The quantitative estimate of drug-likeness (QED) is 0.368. The van der Waals surface area contributed by atoms with Crippen LogP contribution < -0.4 is 10.6 Å². The highest BCUT2D eigenvalue weighted by Crippen LogP contribution is 2.27. The lowest BCUT2D eigenvalue weighted by Crippen LogP contribution is -2.40. The van der Waals surface area contributed by atoms with E-state index in [0.29, 0.717) is 23.6 Å². The van der Waals surface area contributed by atoms with Crippen molar-refractivity contribution in [2.45, 2.75) is 39.7 Å². The van der Waals surface area contributed by atoms with E-state index in [0.717, 1.165) is 0 Å². The van der Waals surface area contributed by atoms with E-state index in [1.54, 1.807) is 26.8 Å². The van der Waals surface area contributed by atoms with Gasteiger partial charge in [0.15, 0.2) is 5.96 Å². The topological polar surface area (TPSA) is 69.8 Å². The normalized spacial score (nSPS) is 14.5. The SMILES string of the molecule is CCNC(=NCC(C)(O)c1cc(C)oc1C)NCC(F)F.I. The minimum absolute atomic E-state index is 0. The second kappa shape index (κ2) is 9.29. The number of aliphatic imine (C=N–C) groups is 1. The Morgan fingerprint density at radius 2 is 2.05 bits per heavy atom. The summed E-state index contributed by atoms with van der Waals surface area (Å²) in [4.78, 5) is 4.15. The monoisotopic (exact) mass is 431 g/mol. The van der Waals surface area contributed by atoms with Crippen LogP contribution in [0.3, 0.4) is 0 Å². The number of hydrogen-bond acceptors (Lipinski definition) is 3. The predicted octanol–water partition coefficient (Wildman–Crippen LogP) is 2.54. The molecule has 3 N–H and O–H groups in total. The van der Waals surface area contributed by atoms with Crippen molar-refractivity contribution in [3.05, 3.63) is 23.2 Å². The molecular formula is C14H24F2IN3O2. The Balaban J connectivity index is 0.00000441. The molecule has 22 heavy (non-hydrogen) atoms. The summed E-state index contributed by atoms with van der Waals surface area (Å²) in [7, 11) is 0. The van der Waals surface area contributed by atoms with Crippen molar-refractivity contribution in [2.24, 2.45) is 4.99 Å². The van der Waals surface area contributed by atoms with Crippen molar-refractivity contribution >= 4 is 29.9 Å². The van der Waals surface area contributed by atoms with Gasteiger partial charge in [-0.3, -0.25) is 0 Å². The zero-order chi connectivity index (χ0) is 16.0. The van der Waals surface area contributed by atoms with Crippen LogP contribution in [0.1, 0.15) is 30.9 Å². The number of guanidine groups is 1. The molecule has 1 rings (SSSR count). The Morgan fingerprint density at radius 1 is 1.41 bits per heavy atom. The van der Waals surface area contributed by atoms with E-state index < -0.39 is 18.6 Å². The summed E-state index contributed by atoms with van der Waals surface area (Å²) >= 11 is 0. The van der Waals surface area contributed by atoms with E-state index in [-0.39, 0.29) is 36.5 Å². The molecule has 0 radical (unpaired) electrons. The van der Waals surface area contributed by atoms with E-state index in [9.17, 15) is 13.9 Å². The van der Waals surface area contributed by atoms with Crippen molar-refractivity contribution < 1.29 is 18.3 Å². The van der Waals surface area contributed by atoms with Crippen LogP contribution in [0.4, 0.5) is 8.78 Å². The van der Waals surface area contributed by atoms with Crippen LogP contribution in [-0.4, -0.2) is 37.1 Å². The lowest BCUT2D eigenvalue weighted by molar-refractivity contribution is 0.0656. The number of alkyl halides is 2. The molecule has 0 bridgehead atoms. The Kier molecular flexibility index (Phi) is 8.91. The van der Waals surface area contributed by atoms with Gasteiger partial charge in [0.25, 0.3) is 6.43 Å². The zero-order valence-corrected chi connectivity index (χ0v) is 15.6. The van der Waals surface area contributed by atoms with Crippen molar-refractivity contribution in [3.63, 3.8) is 0 Å². The van der Waals surface area contributed by atoms with Gasteiger partial charge in [-0.05, 0) is 33.8 Å². The van der Waals surface area contributed by atoms with Gasteiger partial charge in [-0.15, -0.1) is 24.0 Å². The van der Waals surface area contributed by atoms with Gasteiger partial charge in [0.05, 0.1) is 13.1 Å². The fraction of sp³-hybridized carbons (Fsp3) is 0.643. The van der Waals surface area contributed by atoms with Crippen molar-refractivity contribution in [2.75, 3.05) is 19.6 Å². The lowest BCUT2D eigenvalue weighted by atomic mass is 9.96. The highest BCUT2D eigenvalue weighted by atomic mass is 127. The molecule has 0 aliphatic rings. The first kappa shape index (κ1) is 21.1. The van der Waals surface area contributed by atoms with Crippen LogP contribution in [-0.2, 0) is 5.60 Å². The number of aryl methyl sites for hydroxylation is 2. The van der Waals surface area contributed by atoms with E-state index in [1.165, 1.54) is 0 Å². The maximum Gasteiger partial charge on any atom is 0.255 e. The summed E-state index contributed by atoms with van der Waals surface area (Å²) in [5, 5.41) is 15.9. The van der Waals surface area contributed by atoms with Crippen molar-refractivity contribution in [3.8, 4) is 0 Å². The average molecular weight is 431 g/mol. The maximum absolute atomic E-state index is 12.2. The number of nitrogens with zero attached hydrogens (tertiary/aromatic N) is 1. The third-order valence-corrected chi connectivity index (χ3v) is 2.93. The van der Waals surface area contributed by atoms with Crippen LogP contribution in [0.25, 0.3) is 0 Å². The van der Waals surface area contributed by atoms with Crippen LogP contribution in [0.15, 0.2) is 15.5 Å². The minimum atomic E-state index is -2.46. The fourth-order valence-corrected chi connectivity index (χ4v) is 2.00. The number of hydrogen-bond donors (Lipinski definition) is 3. The number of aliphatic hydroxyl groups is 1. The highest BCUT2D eigenvalue weighted by molar-refractivity contribution is 14.0. The molecule has 8 heteroatoms. The summed E-state index contributed by atoms with van der Waals surface area (Å²) in [5.74, 6) is 1.57. The average Bonchev–Trinajstić information content (AvgIpc) is 2.72. The van der Waals surface area contributed by atoms with Gasteiger partial charge in [-0.2, -0.15) is 0 Å². The number of nitrogens with one attached hydrogen (secondary N) is 2. The first-order valence-electron chi connectivity index (χ1n) is 6.86. The molecule has 1 aromatic heterocycles. The molecule has 1 unspecified atom stereocenters. The number of rotatable bonds is 6. The molecule has 0 spiro atoms. The van der Waals surface area contributed by atoms with Gasteiger partial charge in [-0.25, -0.2) is 13.8 Å². The molecule has 128 valence electrons. The molecule has 0 amide bonds. The zero-order valence-electron chi connectivity index (χ0n) is 13.2. The van der Waals surface area contributed by atoms with Gasteiger partial charge in [-0.1, -0.05) is 0 Å². The van der Waals surface area contributed by atoms with Crippen LogP contribution >= 0.6 is 24.0 Å². The second-order valence-corrected chi connectivity index (χ2v) is 5.07. The van der Waals surface area contributed by atoms with Gasteiger partial charge in [0, 0.05) is 12.1 Å². The summed E-state index contributed by atoms with van der Waals surface area (Å²) < 4.78 is 29.8. The second-order valence-electron chi connectivity index (χ2n) is 5.07. The van der Waals surface area contributed by atoms with Gasteiger partial charge in [0.1, 0.15) is 17.1 Å². The molecule has 0 aliphatic heterocycles. The van der Waals surface area contributed by atoms with E-state index in [2.05, 4.69) is 15.6 Å². The van der Waals surface area contributed by atoms with Gasteiger partial charge < -0.3 is 20.2 Å². The number of furan rings is 1. The molecule has 0 saturated carbocycles. The third kappa shape index (κ3) is 6.47. The summed E-state index contributed by atoms with van der Waals surface area (Å²) in [5.41, 5.74) is -0.580. The third-order valence-electron chi connectivity index (χ3n) is 2.93.